The van der Waals surface area contributed by atoms with E-state index in [1.54, 1.807) is 18.4 Å². The van der Waals surface area contributed by atoms with Crippen molar-refractivity contribution in [2.24, 2.45) is 0 Å². The zero-order valence-corrected chi connectivity index (χ0v) is 15.6. The molecular formula is C15H15N3O7S2. The number of aryl methyl sites for hydroxylation is 1. The number of benzene rings is 1. The number of esters is 1. The van der Waals surface area contributed by atoms with Crippen molar-refractivity contribution >= 4 is 44.6 Å². The first kappa shape index (κ1) is 20.5. The number of anilines is 1. The summed E-state index contributed by atoms with van der Waals surface area (Å²) in [5.74, 6) is -1.66. The number of sulfonamides is 1. The highest BCUT2D eigenvalue weighted by Crippen LogP contribution is 2.22. The van der Waals surface area contributed by atoms with Gasteiger partial charge in [0.15, 0.2) is 6.61 Å². The van der Waals surface area contributed by atoms with Gasteiger partial charge in [0.2, 0.25) is 0 Å². The molecular weight excluding hydrogens is 398 g/mol. The lowest BCUT2D eigenvalue weighted by atomic mass is 10.2. The van der Waals surface area contributed by atoms with Crippen molar-refractivity contribution in [3.05, 3.63) is 51.4 Å². The summed E-state index contributed by atoms with van der Waals surface area (Å²) in [6.07, 6.45) is 0. The number of nitro benzene ring substituents is 1. The second-order valence-corrected chi connectivity index (χ2v) is 8.17. The van der Waals surface area contributed by atoms with Crippen LogP contribution >= 0.6 is 11.3 Å². The zero-order chi connectivity index (χ0) is 20.0. The number of rotatable bonds is 8. The summed E-state index contributed by atoms with van der Waals surface area (Å²) >= 11 is 0.990. The molecule has 2 rings (SSSR count). The fourth-order valence-corrected chi connectivity index (χ4v) is 3.93. The number of nitrogens with one attached hydrogen (secondary N) is 2. The minimum atomic E-state index is -3.81. The Kier molecular flexibility index (Phi) is 6.60. The van der Waals surface area contributed by atoms with Crippen LogP contribution in [0.1, 0.15) is 5.56 Å². The minimum Gasteiger partial charge on any atom is -0.455 e. The molecule has 0 spiro atoms. The van der Waals surface area contributed by atoms with Crippen molar-refractivity contribution in [2.45, 2.75) is 11.1 Å². The van der Waals surface area contributed by atoms with E-state index in [-0.39, 0.29) is 15.6 Å². The van der Waals surface area contributed by atoms with Crippen LogP contribution in [0.25, 0.3) is 0 Å². The van der Waals surface area contributed by atoms with Crippen LogP contribution in [0.3, 0.4) is 0 Å². The number of carbonyl (C=O) groups excluding carboxylic acids is 2. The Labute approximate surface area is 158 Å². The van der Waals surface area contributed by atoms with E-state index in [2.05, 4.69) is 14.8 Å². The second-order valence-electron chi connectivity index (χ2n) is 5.22. The first-order valence-electron chi connectivity index (χ1n) is 7.43. The summed E-state index contributed by atoms with van der Waals surface area (Å²) in [7, 11) is -3.81. The molecule has 1 aromatic carbocycles. The predicted octanol–water partition coefficient (Wildman–Crippen LogP) is 1.42. The Morgan fingerprint density at radius 1 is 1.30 bits per heavy atom. The number of amides is 1. The van der Waals surface area contributed by atoms with Gasteiger partial charge >= 0.3 is 5.97 Å². The summed E-state index contributed by atoms with van der Waals surface area (Å²) in [5.41, 5.74) is 0.446. The summed E-state index contributed by atoms with van der Waals surface area (Å²) in [4.78, 5) is 33.7. The van der Waals surface area contributed by atoms with Crippen molar-refractivity contribution in [3.63, 3.8) is 0 Å². The molecule has 27 heavy (non-hydrogen) atoms. The van der Waals surface area contributed by atoms with Crippen molar-refractivity contribution in [3.8, 4) is 0 Å². The van der Waals surface area contributed by atoms with E-state index in [4.69, 9.17) is 0 Å². The summed E-state index contributed by atoms with van der Waals surface area (Å²) in [5, 5.41) is 14.8. The van der Waals surface area contributed by atoms with Gasteiger partial charge in [-0.1, -0.05) is 12.1 Å². The minimum absolute atomic E-state index is 0.0500. The van der Waals surface area contributed by atoms with Gasteiger partial charge in [-0.3, -0.25) is 19.7 Å². The fourth-order valence-electron chi connectivity index (χ4n) is 1.92. The molecule has 1 heterocycles. The number of hydrogen-bond donors (Lipinski definition) is 2. The third-order valence-corrected chi connectivity index (χ3v) is 6.02. The molecule has 1 amide bonds. The van der Waals surface area contributed by atoms with Crippen LogP contribution in [-0.2, 0) is 24.3 Å². The molecule has 0 saturated carbocycles. The van der Waals surface area contributed by atoms with E-state index in [9.17, 15) is 28.1 Å². The summed E-state index contributed by atoms with van der Waals surface area (Å²) < 4.78 is 30.5. The zero-order valence-electron chi connectivity index (χ0n) is 14.0. The van der Waals surface area contributed by atoms with Gasteiger partial charge in [-0.05, 0) is 24.4 Å². The van der Waals surface area contributed by atoms with Gasteiger partial charge < -0.3 is 10.1 Å². The molecule has 1 aromatic heterocycles. The van der Waals surface area contributed by atoms with E-state index in [1.807, 2.05) is 0 Å². The first-order valence-corrected chi connectivity index (χ1v) is 9.79. The average Bonchev–Trinajstić information content (AvgIpc) is 3.15. The molecule has 0 aliphatic carbocycles. The van der Waals surface area contributed by atoms with Crippen molar-refractivity contribution in [2.75, 3.05) is 18.5 Å². The summed E-state index contributed by atoms with van der Waals surface area (Å²) in [6.45, 7) is 0.257. The van der Waals surface area contributed by atoms with Crippen LogP contribution in [0.5, 0.6) is 0 Å². The Balaban J connectivity index is 1.82. The Morgan fingerprint density at radius 3 is 2.67 bits per heavy atom. The highest BCUT2D eigenvalue weighted by Gasteiger charge is 2.18. The second kappa shape index (κ2) is 8.70. The van der Waals surface area contributed by atoms with E-state index in [0.29, 0.717) is 5.56 Å². The van der Waals surface area contributed by atoms with Crippen LogP contribution in [-0.4, -0.2) is 38.4 Å². The van der Waals surface area contributed by atoms with E-state index in [1.165, 1.54) is 24.3 Å². The smallest absolute Gasteiger partial charge is 0.321 e. The number of nitrogens with zero attached hydrogens (tertiary/aromatic N) is 1. The lowest BCUT2D eigenvalue weighted by Crippen LogP contribution is -2.32. The van der Waals surface area contributed by atoms with Gasteiger partial charge in [0.25, 0.3) is 21.6 Å². The SMILES string of the molecule is Cc1ccc(NC(=O)COC(=O)CNS(=O)(=O)c2cccs2)cc1[N+](=O)[O-]. The largest absolute Gasteiger partial charge is 0.455 e. The Hall–Kier alpha value is -2.83. The van der Waals surface area contributed by atoms with Gasteiger partial charge in [-0.15, -0.1) is 11.3 Å². The highest BCUT2D eigenvalue weighted by molar-refractivity contribution is 7.91. The molecule has 0 fully saturated rings. The molecule has 0 atom stereocenters. The molecule has 0 bridgehead atoms. The van der Waals surface area contributed by atoms with E-state index in [0.717, 1.165) is 11.3 Å². The third-order valence-electron chi connectivity index (χ3n) is 3.22. The molecule has 2 aromatic rings. The fraction of sp³-hybridized carbons (Fsp3) is 0.200. The molecule has 10 nitrogen and oxygen atoms in total. The monoisotopic (exact) mass is 413 g/mol. The highest BCUT2D eigenvalue weighted by atomic mass is 32.2. The van der Waals surface area contributed by atoms with Gasteiger partial charge in [0.1, 0.15) is 10.8 Å². The number of ether oxygens (including phenoxy) is 1. The average molecular weight is 413 g/mol. The Morgan fingerprint density at radius 2 is 2.04 bits per heavy atom. The molecule has 0 radical (unpaired) electrons. The van der Waals surface area contributed by atoms with E-state index < -0.39 is 40.0 Å². The maximum atomic E-state index is 11.8. The molecule has 12 heteroatoms. The third kappa shape index (κ3) is 5.84. The molecule has 0 aliphatic rings. The lowest BCUT2D eigenvalue weighted by molar-refractivity contribution is -0.385. The molecule has 0 saturated heterocycles. The van der Waals surface area contributed by atoms with Gasteiger partial charge in [0.05, 0.1) is 4.92 Å². The van der Waals surface area contributed by atoms with Crippen LogP contribution < -0.4 is 10.0 Å². The molecule has 0 unspecified atom stereocenters. The number of nitro groups is 1. The number of thiophene rings is 1. The van der Waals surface area contributed by atoms with Crippen LogP contribution in [0.2, 0.25) is 0 Å². The lowest BCUT2D eigenvalue weighted by Gasteiger charge is -2.08. The van der Waals surface area contributed by atoms with Gasteiger partial charge in [-0.2, -0.15) is 4.72 Å². The molecule has 0 aliphatic heterocycles. The van der Waals surface area contributed by atoms with Crippen LogP contribution in [0.15, 0.2) is 39.9 Å². The first-order chi connectivity index (χ1) is 12.7. The standard InChI is InChI=1S/C15H15N3O7S2/c1-10-4-5-11(7-12(10)18(21)22)17-13(19)9-25-14(20)8-16-27(23,24)15-3-2-6-26-15/h2-7,16H,8-9H2,1H3,(H,17,19). The summed E-state index contributed by atoms with van der Waals surface area (Å²) in [6, 6.07) is 7.06. The van der Waals surface area contributed by atoms with Crippen LogP contribution in [0, 0.1) is 17.0 Å². The normalized spacial score (nSPS) is 11.0. The quantitative estimate of drug-likeness (QED) is 0.378. The van der Waals surface area contributed by atoms with Crippen molar-refractivity contribution < 1.29 is 27.7 Å². The molecule has 2 N–H and O–H groups in total. The topological polar surface area (TPSA) is 145 Å². The Bertz CT molecular complexity index is 956. The molecule has 144 valence electrons. The van der Waals surface area contributed by atoms with Crippen molar-refractivity contribution in [1.82, 2.24) is 4.72 Å². The maximum absolute atomic E-state index is 11.8. The van der Waals surface area contributed by atoms with Crippen LogP contribution in [0.4, 0.5) is 11.4 Å². The van der Waals surface area contributed by atoms with E-state index >= 15 is 0 Å². The van der Waals surface area contributed by atoms with Gasteiger partial charge in [0, 0.05) is 17.3 Å². The number of hydrogen-bond acceptors (Lipinski definition) is 8. The maximum Gasteiger partial charge on any atom is 0.321 e. The van der Waals surface area contributed by atoms with Gasteiger partial charge in [-0.25, -0.2) is 8.42 Å². The number of carbonyl (C=O) groups is 2. The predicted molar refractivity (Wildman–Crippen MR) is 96.9 cm³/mol. The van der Waals surface area contributed by atoms with Crippen molar-refractivity contribution in [1.29, 1.82) is 0 Å².